The van der Waals surface area contributed by atoms with Crippen molar-refractivity contribution in [2.75, 3.05) is 98.6 Å². The molecule has 0 radical (unpaired) electrons. The van der Waals surface area contributed by atoms with Crippen LogP contribution >= 0.6 is 11.6 Å². The molecule has 0 aromatic carbocycles. The number of halogens is 1. The predicted octanol–water partition coefficient (Wildman–Crippen LogP) is 8.32. The molecule has 0 bridgehead atoms. The highest BCUT2D eigenvalue weighted by atomic mass is 35.5. The number of anilines is 4. The van der Waals surface area contributed by atoms with E-state index in [0.29, 0.717) is 157 Å². The van der Waals surface area contributed by atoms with Gasteiger partial charge in [0.15, 0.2) is 45.6 Å². The number of morpholine rings is 2. The van der Waals surface area contributed by atoms with E-state index >= 15 is 0 Å². The van der Waals surface area contributed by atoms with Gasteiger partial charge in [-0.15, -0.1) is 9.80 Å². The summed E-state index contributed by atoms with van der Waals surface area (Å²) in [5.74, 6) is 2.31. The number of imide groups is 2. The SMILES string of the molecule is CC(C)(C)OC(=O)N(C(=O)OC(C)(C)C)c1ncc(-c2nc(N3CCOCC3)c3nc(Cl)n(CC4CCOC4)c3n2)cn1.CC(C)(C)OC(=O)N(C(=O)OC(C)(C)C)c1ncc(-c2nc(N3CCOCC3)c3ncn(CC4CCOC4)c3n2)cn1. The fourth-order valence-corrected chi connectivity index (χ4v) is 9.47. The summed E-state index contributed by atoms with van der Waals surface area (Å²) in [4.78, 5) is 104. The summed E-state index contributed by atoms with van der Waals surface area (Å²) in [6.07, 6.45) is 5.72. The van der Waals surface area contributed by atoms with Crippen LogP contribution in [0.4, 0.5) is 42.7 Å². The zero-order valence-electron chi connectivity index (χ0n) is 50.3. The number of hydrogen-bond acceptors (Lipinski definition) is 24. The summed E-state index contributed by atoms with van der Waals surface area (Å²) in [7, 11) is 0. The number of rotatable bonds is 10. The molecule has 10 heterocycles. The molecule has 4 fully saturated rings. The predicted molar refractivity (Wildman–Crippen MR) is 312 cm³/mol. The maximum absolute atomic E-state index is 13.0. The Kier molecular flexibility index (Phi) is 18.7. The third-order valence-corrected chi connectivity index (χ3v) is 13.3. The molecular weight excluding hydrogens is 1120 g/mol. The molecule has 0 spiro atoms. The second kappa shape index (κ2) is 25.6. The third-order valence-electron chi connectivity index (χ3n) is 13.0. The van der Waals surface area contributed by atoms with Gasteiger partial charge in [0.1, 0.15) is 22.4 Å². The molecule has 4 amide bonds. The van der Waals surface area contributed by atoms with Crippen LogP contribution in [0.15, 0.2) is 31.1 Å². The number of ether oxygens (including phenoxy) is 8. The standard InChI is InChI=1S/C28H37ClN8O6.C28H38N8O6/c1-27(2,3)42-25(38)37(26(39)43-28(4,5)6)24-30-13-18(14-31-24)20-33-21(35-8-11-40-12-9-35)19-22(34-20)36(23(29)32-19)15-17-7-10-41-16-17;1-27(2,3)41-25(37)36(26(38)42-28(4,5)6)24-29-13-19(14-30-24)21-32-22(34-8-11-39-12-9-34)20-23(33-21)35(17-31-20)15-18-7-10-40-16-18/h13-14,17H,7-12,15-16H2,1-6H3;13-14,17-18H,7-12,15-16H2,1-6H3. The molecule has 0 saturated carbocycles. The summed E-state index contributed by atoms with van der Waals surface area (Å²) >= 11 is 6.64. The topological polar surface area (TPSA) is 294 Å². The van der Waals surface area contributed by atoms with Crippen LogP contribution in [0.3, 0.4) is 0 Å². The van der Waals surface area contributed by atoms with Crippen molar-refractivity contribution in [2.24, 2.45) is 11.8 Å². The fraction of sp³-hybridized carbons (Fsp3) is 0.607. The maximum Gasteiger partial charge on any atom is 0.427 e. The molecule has 4 aliphatic heterocycles. The van der Waals surface area contributed by atoms with Crippen LogP contribution in [0.1, 0.15) is 95.9 Å². The highest BCUT2D eigenvalue weighted by Crippen LogP contribution is 2.33. The highest BCUT2D eigenvalue weighted by Gasteiger charge is 2.37. The van der Waals surface area contributed by atoms with Crippen LogP contribution in [-0.4, -0.2) is 185 Å². The minimum absolute atomic E-state index is 0.192. The second-order valence-electron chi connectivity index (χ2n) is 24.8. The second-order valence-corrected chi connectivity index (χ2v) is 25.1. The van der Waals surface area contributed by atoms with Gasteiger partial charge in [0.2, 0.25) is 17.2 Å². The molecule has 10 rings (SSSR count). The molecule has 4 saturated heterocycles. The van der Waals surface area contributed by atoms with Gasteiger partial charge in [0.25, 0.3) is 0 Å². The van der Waals surface area contributed by atoms with Gasteiger partial charge >= 0.3 is 24.4 Å². The molecule has 2 atom stereocenters. The fourth-order valence-electron chi connectivity index (χ4n) is 9.24. The van der Waals surface area contributed by atoms with Crippen molar-refractivity contribution in [1.82, 2.24) is 59.0 Å². The van der Waals surface area contributed by atoms with E-state index in [0.717, 1.165) is 26.0 Å². The molecule has 458 valence electrons. The van der Waals surface area contributed by atoms with E-state index in [1.807, 2.05) is 9.13 Å². The van der Waals surface area contributed by atoms with Gasteiger partial charge in [0, 0.05) is 89.1 Å². The van der Waals surface area contributed by atoms with Gasteiger partial charge in [-0.2, -0.15) is 0 Å². The average molecular weight is 1200 g/mol. The number of carbonyl (C=O) groups is 4. The van der Waals surface area contributed by atoms with Crippen molar-refractivity contribution < 1.29 is 57.1 Å². The molecule has 29 heteroatoms. The van der Waals surface area contributed by atoms with Crippen molar-refractivity contribution in [1.29, 1.82) is 0 Å². The van der Waals surface area contributed by atoms with Crippen LogP contribution in [-0.2, 0) is 51.0 Å². The summed E-state index contributed by atoms with van der Waals surface area (Å²) in [5, 5.41) is 0.319. The Balaban J connectivity index is 0.000000204. The van der Waals surface area contributed by atoms with Gasteiger partial charge in [0.05, 0.1) is 57.1 Å². The molecule has 0 aliphatic carbocycles. The average Bonchev–Trinajstić information content (AvgIpc) is 2.74. The first-order chi connectivity index (χ1) is 40.2. The van der Waals surface area contributed by atoms with Crippen molar-refractivity contribution in [3.63, 3.8) is 0 Å². The lowest BCUT2D eigenvalue weighted by atomic mass is 10.1. The van der Waals surface area contributed by atoms with E-state index in [2.05, 4.69) is 39.7 Å². The lowest BCUT2D eigenvalue weighted by Gasteiger charge is -2.28. The van der Waals surface area contributed by atoms with Crippen molar-refractivity contribution >= 4 is 81.8 Å². The molecule has 6 aromatic heterocycles. The summed E-state index contributed by atoms with van der Waals surface area (Å²) in [6.45, 7) is 29.4. The minimum Gasteiger partial charge on any atom is -0.443 e. The van der Waals surface area contributed by atoms with E-state index in [1.54, 1.807) is 89.4 Å². The molecule has 0 N–H and O–H groups in total. The Bertz CT molecular complexity index is 3270. The van der Waals surface area contributed by atoms with E-state index in [4.69, 9.17) is 69.4 Å². The number of hydrogen-bond donors (Lipinski definition) is 0. The largest absolute Gasteiger partial charge is 0.443 e. The molecule has 2 unspecified atom stereocenters. The van der Waals surface area contributed by atoms with Gasteiger partial charge in [-0.25, -0.2) is 69.0 Å². The first-order valence-corrected chi connectivity index (χ1v) is 28.7. The number of carbonyl (C=O) groups excluding carboxylic acids is 4. The monoisotopic (exact) mass is 1200 g/mol. The van der Waals surface area contributed by atoms with E-state index < -0.39 is 46.8 Å². The van der Waals surface area contributed by atoms with Crippen molar-refractivity contribution in [2.45, 2.75) is 131 Å². The molecule has 28 nitrogen and oxygen atoms in total. The van der Waals surface area contributed by atoms with E-state index in [1.165, 1.54) is 24.8 Å². The van der Waals surface area contributed by atoms with Crippen LogP contribution in [0, 0.1) is 11.8 Å². The van der Waals surface area contributed by atoms with Crippen LogP contribution < -0.4 is 19.6 Å². The van der Waals surface area contributed by atoms with Crippen LogP contribution in [0.5, 0.6) is 0 Å². The van der Waals surface area contributed by atoms with E-state index in [9.17, 15) is 19.2 Å². The summed E-state index contributed by atoms with van der Waals surface area (Å²) < 4.78 is 47.9. The molecule has 4 aliphatic rings. The number of fused-ring (bicyclic) bond motifs is 2. The zero-order chi connectivity index (χ0) is 61.0. The van der Waals surface area contributed by atoms with Gasteiger partial charge in [-0.05, 0) is 108 Å². The number of imidazole rings is 2. The van der Waals surface area contributed by atoms with Gasteiger partial charge in [-0.3, -0.25) is 4.57 Å². The normalized spacial score (nSPS) is 17.8. The Morgan fingerprint density at radius 1 is 0.506 bits per heavy atom. The Hall–Kier alpha value is -7.53. The van der Waals surface area contributed by atoms with Gasteiger partial charge < -0.3 is 52.3 Å². The quantitative estimate of drug-likeness (QED) is 0.0919. The summed E-state index contributed by atoms with van der Waals surface area (Å²) in [6, 6.07) is 0. The third kappa shape index (κ3) is 15.9. The number of amides is 4. The maximum atomic E-state index is 13.0. The lowest BCUT2D eigenvalue weighted by Crippen LogP contribution is -2.44. The smallest absolute Gasteiger partial charge is 0.427 e. The van der Waals surface area contributed by atoms with Crippen LogP contribution in [0.25, 0.3) is 45.1 Å². The highest BCUT2D eigenvalue weighted by molar-refractivity contribution is 6.29. The molecular formula is C56H75ClN16O12. The Morgan fingerprint density at radius 3 is 1.28 bits per heavy atom. The summed E-state index contributed by atoms with van der Waals surface area (Å²) in [5.41, 5.74) is 0.0800. The lowest BCUT2D eigenvalue weighted by molar-refractivity contribution is 0.0404. The zero-order valence-corrected chi connectivity index (χ0v) is 51.0. The first-order valence-electron chi connectivity index (χ1n) is 28.3. The van der Waals surface area contributed by atoms with Crippen molar-refractivity contribution in [3.8, 4) is 22.8 Å². The van der Waals surface area contributed by atoms with E-state index in [-0.39, 0.29) is 17.8 Å². The number of aromatic nitrogens is 12. The minimum atomic E-state index is -0.962. The Labute approximate surface area is 497 Å². The first kappa shape index (κ1) is 62.0. The number of nitrogens with zero attached hydrogens (tertiary/aromatic N) is 16. The van der Waals surface area contributed by atoms with Crippen LogP contribution in [0.2, 0.25) is 5.28 Å². The van der Waals surface area contributed by atoms with Gasteiger partial charge in [-0.1, -0.05) is 0 Å². The van der Waals surface area contributed by atoms with Crippen molar-refractivity contribution in [3.05, 3.63) is 36.4 Å². The molecule has 6 aromatic rings. The Morgan fingerprint density at radius 2 is 0.894 bits per heavy atom. The molecule has 85 heavy (non-hydrogen) atoms.